The Kier molecular flexibility index (Phi) is 5.91. The topological polar surface area (TPSA) is 29.5 Å². The molecule has 0 fully saturated rings. The maximum absolute atomic E-state index is 11.5. The second-order valence-corrected chi connectivity index (χ2v) is 4.74. The van der Waals surface area contributed by atoms with Crippen molar-refractivity contribution in [2.75, 3.05) is 35.2 Å². The third-order valence-electron chi connectivity index (χ3n) is 2.15. The molecule has 0 aliphatic carbocycles. The van der Waals surface area contributed by atoms with E-state index in [4.69, 9.17) is 4.74 Å². The first-order valence-electron chi connectivity index (χ1n) is 5.12. The summed E-state index contributed by atoms with van der Waals surface area (Å²) in [6.07, 6.45) is -0.360. The van der Waals surface area contributed by atoms with Gasteiger partial charge in [0.05, 0.1) is 21.1 Å². The Labute approximate surface area is 120 Å². The number of hydrogen-bond acceptors (Lipinski definition) is 2. The van der Waals surface area contributed by atoms with Crippen molar-refractivity contribution in [1.82, 2.24) is 9.38 Å². The summed E-state index contributed by atoms with van der Waals surface area (Å²) in [4.78, 5) is 12.9. The summed E-state index contributed by atoms with van der Waals surface area (Å²) in [5.74, 6) is 0.605. The van der Waals surface area contributed by atoms with E-state index >= 15 is 0 Å². The number of para-hydroxylation sites is 2. The third kappa shape index (κ3) is 4.51. The van der Waals surface area contributed by atoms with Crippen LogP contribution in [0.5, 0.6) is 5.75 Å². The number of halogens is 1. The smallest absolute Gasteiger partial charge is 0.414 e. The fraction of sp³-hybridized carbons (Fsp3) is 0.417. The predicted molar refractivity (Wildman–Crippen MR) is 65.7 cm³/mol. The average Bonchev–Trinajstić information content (AvgIpc) is 2.16. The summed E-state index contributed by atoms with van der Waals surface area (Å²) in [5, 5.41) is 0. The lowest BCUT2D eigenvalue weighted by atomic mass is 10.2. The van der Waals surface area contributed by atoms with Crippen LogP contribution in [0.15, 0.2) is 24.3 Å². The van der Waals surface area contributed by atoms with Crippen molar-refractivity contribution in [3.05, 3.63) is 24.3 Å². The molecule has 0 radical (unpaired) electrons. The number of carbonyl (C=O) groups is 1. The predicted octanol–water partition coefficient (Wildman–Crippen LogP) is -1.05. The quantitative estimate of drug-likeness (QED) is 0.503. The van der Waals surface area contributed by atoms with Crippen LogP contribution in [0.3, 0.4) is 0 Å². The molecule has 17 heavy (non-hydrogen) atoms. The molecule has 1 amide bonds. The van der Waals surface area contributed by atoms with Gasteiger partial charge in [0.2, 0.25) is 0 Å². The molecule has 1 rings (SSSR count). The molecule has 4 nitrogen and oxygen atoms in total. The van der Waals surface area contributed by atoms with Gasteiger partial charge in [0.25, 0.3) is 0 Å². The van der Waals surface area contributed by atoms with Crippen molar-refractivity contribution < 1.29 is 33.5 Å². The average molecular weight is 350 g/mol. The molecule has 0 saturated heterocycles. The van der Waals surface area contributed by atoms with Crippen molar-refractivity contribution >= 4 is 11.8 Å². The highest BCUT2D eigenvalue weighted by atomic mass is 127. The second kappa shape index (κ2) is 6.20. The molecule has 0 aliphatic rings. The summed E-state index contributed by atoms with van der Waals surface area (Å²) in [6.45, 7) is 0. The zero-order valence-electron chi connectivity index (χ0n) is 10.9. The SMILES string of the molecule is CN(C)C(=O)Oc1ccccc1[N+](C)(C)C.[I-]. The minimum atomic E-state index is -0.360. The van der Waals surface area contributed by atoms with E-state index in [2.05, 4.69) is 0 Å². The lowest BCUT2D eigenvalue weighted by molar-refractivity contribution is -0.00000880. The van der Waals surface area contributed by atoms with Crippen LogP contribution in [0.4, 0.5) is 10.5 Å². The molecule has 0 spiro atoms. The van der Waals surface area contributed by atoms with E-state index in [1.807, 2.05) is 39.3 Å². The second-order valence-electron chi connectivity index (χ2n) is 4.74. The molecule has 0 unspecified atom stereocenters. The highest BCUT2D eigenvalue weighted by Crippen LogP contribution is 2.29. The van der Waals surface area contributed by atoms with Crippen LogP contribution in [0, 0.1) is 0 Å². The maximum Gasteiger partial charge on any atom is 0.414 e. The molecule has 0 aromatic heterocycles. The number of quaternary nitrogens is 1. The van der Waals surface area contributed by atoms with Crippen LogP contribution >= 0.6 is 0 Å². The molecule has 96 valence electrons. The van der Waals surface area contributed by atoms with E-state index in [0.29, 0.717) is 10.2 Å². The fourth-order valence-electron chi connectivity index (χ4n) is 1.28. The first-order chi connectivity index (χ1) is 7.32. The van der Waals surface area contributed by atoms with Gasteiger partial charge in [-0.3, -0.25) is 4.48 Å². The number of ether oxygens (including phenoxy) is 1. The van der Waals surface area contributed by atoms with Gasteiger partial charge in [-0.1, -0.05) is 12.1 Å². The van der Waals surface area contributed by atoms with Gasteiger partial charge in [-0.2, -0.15) is 0 Å². The molecular weight excluding hydrogens is 331 g/mol. The van der Waals surface area contributed by atoms with E-state index in [1.54, 1.807) is 20.2 Å². The molecule has 0 saturated carbocycles. The zero-order chi connectivity index (χ0) is 12.3. The van der Waals surface area contributed by atoms with Crippen molar-refractivity contribution in [3.63, 3.8) is 0 Å². The normalized spacial score (nSPS) is 10.4. The van der Waals surface area contributed by atoms with Crippen LogP contribution in [-0.2, 0) is 0 Å². The molecule has 0 atom stereocenters. The molecule has 1 aromatic rings. The summed E-state index contributed by atoms with van der Waals surface area (Å²) in [7, 11) is 9.42. The van der Waals surface area contributed by atoms with Crippen LogP contribution in [0.25, 0.3) is 0 Å². The molecule has 0 heterocycles. The molecule has 1 aromatic carbocycles. The number of benzene rings is 1. The Hall–Kier alpha value is -0.820. The Morgan fingerprint density at radius 1 is 1.18 bits per heavy atom. The molecular formula is C12H19IN2O2. The van der Waals surface area contributed by atoms with Crippen LogP contribution in [0.2, 0.25) is 0 Å². The molecule has 0 bridgehead atoms. The Morgan fingerprint density at radius 2 is 1.71 bits per heavy atom. The Bertz CT molecular complexity index is 386. The molecule has 0 N–H and O–H groups in total. The van der Waals surface area contributed by atoms with Crippen molar-refractivity contribution in [3.8, 4) is 5.75 Å². The van der Waals surface area contributed by atoms with E-state index in [1.165, 1.54) is 4.90 Å². The van der Waals surface area contributed by atoms with Crippen molar-refractivity contribution in [2.24, 2.45) is 0 Å². The lowest BCUT2D eigenvalue weighted by Crippen LogP contribution is -3.00. The summed E-state index contributed by atoms with van der Waals surface area (Å²) in [6, 6.07) is 7.56. The molecule has 5 heteroatoms. The maximum atomic E-state index is 11.5. The van der Waals surface area contributed by atoms with Gasteiger partial charge in [-0.05, 0) is 6.07 Å². The molecule has 0 aliphatic heterocycles. The van der Waals surface area contributed by atoms with E-state index < -0.39 is 0 Å². The summed E-state index contributed by atoms with van der Waals surface area (Å²) < 4.78 is 5.91. The number of carbonyl (C=O) groups excluding carboxylic acids is 1. The van der Waals surface area contributed by atoms with E-state index in [-0.39, 0.29) is 30.1 Å². The highest BCUT2D eigenvalue weighted by molar-refractivity contribution is 5.72. The van der Waals surface area contributed by atoms with Gasteiger partial charge >= 0.3 is 6.09 Å². The number of rotatable bonds is 2. The fourth-order valence-corrected chi connectivity index (χ4v) is 1.28. The van der Waals surface area contributed by atoms with Gasteiger partial charge in [0.1, 0.15) is 0 Å². The van der Waals surface area contributed by atoms with Gasteiger partial charge in [-0.25, -0.2) is 4.79 Å². The van der Waals surface area contributed by atoms with E-state index in [9.17, 15) is 4.79 Å². The van der Waals surface area contributed by atoms with E-state index in [0.717, 1.165) is 5.69 Å². The standard InChI is InChI=1S/C12H19N2O2.HI/c1-13(2)12(15)16-11-9-7-6-8-10(11)14(3,4)5;/h6-9H,1-5H3;1H/q+1;/p-1. The van der Waals surface area contributed by atoms with Crippen molar-refractivity contribution in [2.45, 2.75) is 0 Å². The highest BCUT2D eigenvalue weighted by Gasteiger charge is 2.20. The van der Waals surface area contributed by atoms with Gasteiger partial charge in [-0.15, -0.1) is 0 Å². The van der Waals surface area contributed by atoms with Crippen LogP contribution in [-0.4, -0.2) is 46.2 Å². The van der Waals surface area contributed by atoms with Gasteiger partial charge in [0, 0.05) is 20.2 Å². The number of amides is 1. The zero-order valence-corrected chi connectivity index (χ0v) is 13.1. The van der Waals surface area contributed by atoms with Crippen LogP contribution in [0.1, 0.15) is 0 Å². The monoisotopic (exact) mass is 350 g/mol. The minimum Gasteiger partial charge on any atom is -1.00 e. The number of hydrogen-bond donors (Lipinski definition) is 0. The largest absolute Gasteiger partial charge is 1.00 e. The lowest BCUT2D eigenvalue weighted by Gasteiger charge is -2.25. The Morgan fingerprint density at radius 3 is 2.18 bits per heavy atom. The first-order valence-corrected chi connectivity index (χ1v) is 5.12. The van der Waals surface area contributed by atoms with Gasteiger partial charge in [0.15, 0.2) is 11.4 Å². The first kappa shape index (κ1) is 16.2. The van der Waals surface area contributed by atoms with Crippen LogP contribution < -0.4 is 33.2 Å². The minimum absolute atomic E-state index is 0. The number of nitrogens with zero attached hydrogens (tertiary/aromatic N) is 2. The third-order valence-corrected chi connectivity index (χ3v) is 2.15. The Balaban J connectivity index is 0.00000256. The summed E-state index contributed by atoms with van der Waals surface area (Å²) in [5.41, 5.74) is 0.970. The summed E-state index contributed by atoms with van der Waals surface area (Å²) >= 11 is 0. The van der Waals surface area contributed by atoms with Crippen molar-refractivity contribution in [1.29, 1.82) is 0 Å². The van der Waals surface area contributed by atoms with Gasteiger partial charge < -0.3 is 33.6 Å².